The lowest BCUT2D eigenvalue weighted by Gasteiger charge is -2.15. The fourth-order valence-electron chi connectivity index (χ4n) is 2.67. The quantitative estimate of drug-likeness (QED) is 0.632. The summed E-state index contributed by atoms with van der Waals surface area (Å²) in [4.78, 5) is 23.8. The molecule has 0 aromatic heterocycles. The highest BCUT2D eigenvalue weighted by molar-refractivity contribution is 6.32. The molecule has 5 nitrogen and oxygen atoms in total. The smallest absolute Gasteiger partial charge is 0.344 e. The van der Waals surface area contributed by atoms with E-state index in [9.17, 15) is 9.59 Å². The third-order valence-electron chi connectivity index (χ3n) is 4.05. The minimum Gasteiger partial charge on any atom is -0.480 e. The van der Waals surface area contributed by atoms with Gasteiger partial charge in [0, 0.05) is 0 Å². The zero-order valence-corrected chi connectivity index (χ0v) is 17.2. The predicted molar refractivity (Wildman–Crippen MR) is 109 cm³/mol. The Labute approximate surface area is 171 Å². The molecular formula is C22H26ClNO4. The van der Waals surface area contributed by atoms with Crippen LogP contribution < -0.4 is 10.1 Å². The van der Waals surface area contributed by atoms with Gasteiger partial charge in [-0.3, -0.25) is 4.79 Å². The van der Waals surface area contributed by atoms with E-state index in [1.807, 2.05) is 19.1 Å². The molecule has 0 aliphatic rings. The summed E-state index contributed by atoms with van der Waals surface area (Å²) in [5.74, 6) is -0.0229. The summed E-state index contributed by atoms with van der Waals surface area (Å²) >= 11 is 5.94. The number of esters is 1. The second-order valence-electron chi connectivity index (χ2n) is 7.01. The van der Waals surface area contributed by atoms with Gasteiger partial charge >= 0.3 is 5.97 Å². The fraction of sp³-hybridized carbons (Fsp3) is 0.364. The summed E-state index contributed by atoms with van der Waals surface area (Å²) in [6.45, 7) is 5.57. The van der Waals surface area contributed by atoms with E-state index in [0.717, 1.165) is 12.0 Å². The first-order chi connectivity index (χ1) is 13.3. The number of hydrogen-bond acceptors (Lipinski definition) is 4. The van der Waals surface area contributed by atoms with Gasteiger partial charge < -0.3 is 14.8 Å². The maximum absolute atomic E-state index is 12.0. The number of carbonyl (C=O) groups excluding carboxylic acids is 2. The lowest BCUT2D eigenvalue weighted by atomic mass is 10.00. The van der Waals surface area contributed by atoms with Crippen molar-refractivity contribution in [2.24, 2.45) is 5.92 Å². The van der Waals surface area contributed by atoms with Crippen LogP contribution >= 0.6 is 11.6 Å². The van der Waals surface area contributed by atoms with Crippen LogP contribution in [0.1, 0.15) is 37.9 Å². The zero-order chi connectivity index (χ0) is 20.5. The van der Waals surface area contributed by atoms with Gasteiger partial charge in [0.25, 0.3) is 5.91 Å². The molecule has 0 spiro atoms. The van der Waals surface area contributed by atoms with Crippen LogP contribution in [0, 0.1) is 5.92 Å². The fourth-order valence-corrected chi connectivity index (χ4v) is 2.86. The minimum absolute atomic E-state index is 0.182. The number of amides is 1. The van der Waals surface area contributed by atoms with Gasteiger partial charge in [0.1, 0.15) is 5.75 Å². The van der Waals surface area contributed by atoms with Gasteiger partial charge in [-0.05, 0) is 42.5 Å². The highest BCUT2D eigenvalue weighted by atomic mass is 35.5. The SMILES string of the molecule is CC(C)Cc1ccc([C@H](C)NC(=O)COC(=O)COc2ccccc2Cl)cc1. The van der Waals surface area contributed by atoms with E-state index in [1.165, 1.54) is 5.56 Å². The summed E-state index contributed by atoms with van der Waals surface area (Å²) in [6.07, 6.45) is 1.02. The molecule has 2 aromatic carbocycles. The molecule has 0 aliphatic heterocycles. The van der Waals surface area contributed by atoms with Crippen molar-refractivity contribution >= 4 is 23.5 Å². The van der Waals surface area contributed by atoms with Gasteiger partial charge in [0.15, 0.2) is 13.2 Å². The van der Waals surface area contributed by atoms with Gasteiger partial charge in [-0.15, -0.1) is 0 Å². The van der Waals surface area contributed by atoms with Gasteiger partial charge in [-0.2, -0.15) is 0 Å². The van der Waals surface area contributed by atoms with Crippen LogP contribution in [0.2, 0.25) is 5.02 Å². The molecular weight excluding hydrogens is 378 g/mol. The van der Waals surface area contributed by atoms with E-state index in [4.69, 9.17) is 21.1 Å². The summed E-state index contributed by atoms with van der Waals surface area (Å²) < 4.78 is 10.2. The largest absolute Gasteiger partial charge is 0.480 e. The molecule has 0 fully saturated rings. The summed E-state index contributed by atoms with van der Waals surface area (Å²) in [6, 6.07) is 14.8. The third kappa shape index (κ3) is 7.24. The first kappa shape index (κ1) is 21.8. The van der Waals surface area contributed by atoms with Crippen molar-refractivity contribution in [3.8, 4) is 5.75 Å². The Bertz CT molecular complexity index is 789. The third-order valence-corrected chi connectivity index (χ3v) is 4.36. The number of hydrogen-bond donors (Lipinski definition) is 1. The maximum Gasteiger partial charge on any atom is 0.344 e. The van der Waals surface area contributed by atoms with Crippen LogP contribution in [0.15, 0.2) is 48.5 Å². The topological polar surface area (TPSA) is 64.6 Å². The van der Waals surface area contributed by atoms with Crippen LogP contribution in [0.25, 0.3) is 0 Å². The molecule has 2 rings (SSSR count). The Morgan fingerprint density at radius 1 is 1.00 bits per heavy atom. The Morgan fingerprint density at radius 2 is 1.68 bits per heavy atom. The Balaban J connectivity index is 1.73. The first-order valence-corrected chi connectivity index (χ1v) is 9.64. The van der Waals surface area contributed by atoms with Gasteiger partial charge in [0.2, 0.25) is 0 Å². The van der Waals surface area contributed by atoms with Crippen molar-refractivity contribution in [2.75, 3.05) is 13.2 Å². The van der Waals surface area contributed by atoms with E-state index < -0.39 is 5.97 Å². The van der Waals surface area contributed by atoms with E-state index in [0.29, 0.717) is 16.7 Å². The van der Waals surface area contributed by atoms with Crippen LogP contribution in [-0.2, 0) is 20.7 Å². The Morgan fingerprint density at radius 3 is 2.32 bits per heavy atom. The molecule has 1 N–H and O–H groups in total. The van der Waals surface area contributed by atoms with Crippen LogP contribution in [0.4, 0.5) is 0 Å². The van der Waals surface area contributed by atoms with Crippen LogP contribution in [0.5, 0.6) is 5.75 Å². The molecule has 6 heteroatoms. The lowest BCUT2D eigenvalue weighted by Crippen LogP contribution is -2.32. The number of nitrogens with one attached hydrogen (secondary N) is 1. The molecule has 0 saturated heterocycles. The Hall–Kier alpha value is -2.53. The number of halogens is 1. The number of carbonyl (C=O) groups is 2. The Kier molecular flexibility index (Phi) is 8.33. The highest BCUT2D eigenvalue weighted by Gasteiger charge is 2.13. The molecule has 0 saturated carbocycles. The standard InChI is InChI=1S/C22H26ClNO4/c1-15(2)12-17-8-10-18(11-9-17)16(3)24-21(25)13-28-22(26)14-27-20-7-5-4-6-19(20)23/h4-11,15-16H,12-14H2,1-3H3,(H,24,25)/t16-/m0/s1. The molecule has 0 bridgehead atoms. The monoisotopic (exact) mass is 403 g/mol. The van der Waals surface area contributed by atoms with Crippen LogP contribution in [0.3, 0.4) is 0 Å². The van der Waals surface area contributed by atoms with Crippen molar-refractivity contribution in [1.29, 1.82) is 0 Å². The highest BCUT2D eigenvalue weighted by Crippen LogP contribution is 2.22. The number of rotatable bonds is 9. The molecule has 0 heterocycles. The van der Waals surface area contributed by atoms with Crippen molar-refractivity contribution < 1.29 is 19.1 Å². The summed E-state index contributed by atoms with van der Waals surface area (Å²) in [7, 11) is 0. The summed E-state index contributed by atoms with van der Waals surface area (Å²) in [5, 5.41) is 3.22. The molecule has 28 heavy (non-hydrogen) atoms. The number of benzene rings is 2. The molecule has 1 amide bonds. The average molecular weight is 404 g/mol. The van der Waals surface area contributed by atoms with Crippen molar-refractivity contribution in [3.05, 3.63) is 64.7 Å². The normalized spacial score (nSPS) is 11.8. The molecule has 0 radical (unpaired) electrons. The maximum atomic E-state index is 12.0. The van der Waals surface area contributed by atoms with E-state index >= 15 is 0 Å². The second-order valence-corrected chi connectivity index (χ2v) is 7.42. The minimum atomic E-state index is -0.638. The van der Waals surface area contributed by atoms with E-state index in [2.05, 4.69) is 31.3 Å². The van der Waals surface area contributed by atoms with E-state index in [1.54, 1.807) is 24.3 Å². The van der Waals surface area contributed by atoms with Crippen LogP contribution in [-0.4, -0.2) is 25.1 Å². The van der Waals surface area contributed by atoms with Gasteiger partial charge in [-0.1, -0.05) is 61.8 Å². The van der Waals surface area contributed by atoms with E-state index in [-0.39, 0.29) is 25.2 Å². The molecule has 0 unspecified atom stereocenters. The van der Waals surface area contributed by atoms with Gasteiger partial charge in [0.05, 0.1) is 11.1 Å². The summed E-state index contributed by atoms with van der Waals surface area (Å²) in [5.41, 5.74) is 2.26. The predicted octanol–water partition coefficient (Wildman–Crippen LogP) is 4.34. The first-order valence-electron chi connectivity index (χ1n) is 9.26. The van der Waals surface area contributed by atoms with Crippen molar-refractivity contribution in [2.45, 2.75) is 33.2 Å². The average Bonchev–Trinajstić information content (AvgIpc) is 2.65. The molecule has 1 atom stereocenters. The molecule has 2 aromatic rings. The number of para-hydroxylation sites is 1. The molecule has 0 aliphatic carbocycles. The lowest BCUT2D eigenvalue weighted by molar-refractivity contribution is -0.150. The van der Waals surface area contributed by atoms with Gasteiger partial charge in [-0.25, -0.2) is 4.79 Å². The molecule has 150 valence electrons. The zero-order valence-electron chi connectivity index (χ0n) is 16.4. The van der Waals surface area contributed by atoms with Crippen molar-refractivity contribution in [3.63, 3.8) is 0 Å². The number of ether oxygens (including phenoxy) is 2. The van der Waals surface area contributed by atoms with Crippen molar-refractivity contribution in [1.82, 2.24) is 5.32 Å². The second kappa shape index (κ2) is 10.7.